The molecule has 9 heteroatoms. The van der Waals surface area contributed by atoms with Gasteiger partial charge in [-0.3, -0.25) is 4.90 Å². The maximum atomic E-state index is 12.7. The van der Waals surface area contributed by atoms with E-state index in [9.17, 15) is 13.6 Å². The van der Waals surface area contributed by atoms with Crippen LogP contribution < -0.4 is 24.8 Å². The molecule has 5 aliphatic rings. The standard InChI is InChI=1S/C19H23F2N3O4/c20-17(21)28-14-4-16-15(26-10-27-16)3-12(14)7-22-18(25)23-9-19-5-11(6-19)8-24(19)13-1-2-13/h3-4,11,13,17H,1-2,5-10H2,(H2,22,23,25). The van der Waals surface area contributed by atoms with Gasteiger partial charge in [0, 0.05) is 42.8 Å². The van der Waals surface area contributed by atoms with Gasteiger partial charge in [-0.15, -0.1) is 0 Å². The molecule has 2 saturated carbocycles. The Bertz CT molecular complexity index is 781. The second-order valence-electron chi connectivity index (χ2n) is 8.11. The zero-order valence-corrected chi connectivity index (χ0v) is 15.4. The maximum Gasteiger partial charge on any atom is 0.387 e. The number of benzene rings is 1. The second-order valence-corrected chi connectivity index (χ2v) is 8.11. The van der Waals surface area contributed by atoms with Gasteiger partial charge in [-0.05, 0) is 37.7 Å². The lowest BCUT2D eigenvalue weighted by Crippen LogP contribution is -2.55. The van der Waals surface area contributed by atoms with Crippen molar-refractivity contribution in [3.63, 3.8) is 0 Å². The third-order valence-corrected chi connectivity index (χ3v) is 6.18. The summed E-state index contributed by atoms with van der Waals surface area (Å²) in [6.45, 7) is -1.12. The van der Waals surface area contributed by atoms with E-state index in [4.69, 9.17) is 9.47 Å². The number of carbonyl (C=O) groups excluding carboxylic acids is 1. The lowest BCUT2D eigenvalue weighted by molar-refractivity contribution is -0.0505. The summed E-state index contributed by atoms with van der Waals surface area (Å²) in [7, 11) is 0. The normalized spacial score (nSPS) is 27.6. The predicted octanol–water partition coefficient (Wildman–Crippen LogP) is 2.44. The Labute approximate surface area is 161 Å². The van der Waals surface area contributed by atoms with E-state index >= 15 is 0 Å². The number of nitrogens with one attached hydrogen (secondary N) is 2. The molecule has 7 nitrogen and oxygen atoms in total. The fraction of sp³-hybridized carbons (Fsp3) is 0.632. The van der Waals surface area contributed by atoms with Gasteiger partial charge in [0.25, 0.3) is 0 Å². The summed E-state index contributed by atoms with van der Waals surface area (Å²) in [6.07, 6.45) is 4.83. The van der Waals surface area contributed by atoms with Crippen LogP contribution in [0.1, 0.15) is 31.2 Å². The molecule has 0 atom stereocenters. The number of urea groups is 1. The monoisotopic (exact) mass is 395 g/mol. The molecule has 0 spiro atoms. The van der Waals surface area contributed by atoms with Crippen LogP contribution >= 0.6 is 0 Å². The van der Waals surface area contributed by atoms with Gasteiger partial charge in [0.05, 0.1) is 0 Å². The van der Waals surface area contributed by atoms with E-state index < -0.39 is 6.61 Å². The molecule has 28 heavy (non-hydrogen) atoms. The minimum Gasteiger partial charge on any atom is -0.454 e. The molecule has 2 bridgehead atoms. The summed E-state index contributed by atoms with van der Waals surface area (Å²) in [5.74, 6) is 1.54. The SMILES string of the molecule is O=C(NCc1cc2c(cc1OC(F)F)OCO2)NCC12CC(CN1C1CC1)C2. The first-order valence-corrected chi connectivity index (χ1v) is 9.68. The zero-order chi connectivity index (χ0) is 19.3. The highest BCUT2D eigenvalue weighted by atomic mass is 19.3. The highest BCUT2D eigenvalue weighted by molar-refractivity contribution is 5.74. The Morgan fingerprint density at radius 1 is 1.25 bits per heavy atom. The summed E-state index contributed by atoms with van der Waals surface area (Å²) >= 11 is 0. The first-order chi connectivity index (χ1) is 13.5. The number of alkyl halides is 2. The number of carbonyl (C=O) groups is 1. The van der Waals surface area contributed by atoms with E-state index in [1.807, 2.05) is 0 Å². The maximum absolute atomic E-state index is 12.7. The second kappa shape index (κ2) is 6.65. The van der Waals surface area contributed by atoms with Crippen molar-refractivity contribution in [2.75, 3.05) is 19.9 Å². The fourth-order valence-electron chi connectivity index (χ4n) is 4.81. The van der Waals surface area contributed by atoms with Gasteiger partial charge in [-0.1, -0.05) is 0 Å². The van der Waals surface area contributed by atoms with Gasteiger partial charge in [-0.2, -0.15) is 8.78 Å². The first-order valence-electron chi connectivity index (χ1n) is 9.68. The van der Waals surface area contributed by atoms with Crippen LogP contribution in [0.5, 0.6) is 17.2 Å². The van der Waals surface area contributed by atoms with Crippen molar-refractivity contribution < 1.29 is 27.8 Å². The van der Waals surface area contributed by atoms with E-state index in [1.165, 1.54) is 18.9 Å². The number of hydrogen-bond acceptors (Lipinski definition) is 5. The summed E-state index contributed by atoms with van der Waals surface area (Å²) in [6, 6.07) is 3.30. The molecular weight excluding hydrogens is 372 g/mol. The summed E-state index contributed by atoms with van der Waals surface area (Å²) in [5, 5.41) is 5.69. The summed E-state index contributed by atoms with van der Waals surface area (Å²) in [4.78, 5) is 14.9. The van der Waals surface area contributed by atoms with Crippen LogP contribution in [0.4, 0.5) is 13.6 Å². The molecule has 3 aliphatic heterocycles. The summed E-state index contributed by atoms with van der Waals surface area (Å²) in [5.41, 5.74) is 0.522. The zero-order valence-electron chi connectivity index (χ0n) is 15.4. The number of hydrogen-bond donors (Lipinski definition) is 2. The average Bonchev–Trinajstić information content (AvgIpc) is 3.10. The smallest absolute Gasteiger partial charge is 0.387 e. The van der Waals surface area contributed by atoms with Crippen LogP contribution in [0.15, 0.2) is 12.1 Å². The van der Waals surface area contributed by atoms with Crippen LogP contribution in [0.25, 0.3) is 0 Å². The number of amides is 2. The molecular formula is C19H23F2N3O4. The lowest BCUT2D eigenvalue weighted by atomic mass is 9.73. The number of nitrogens with zero attached hydrogens (tertiary/aromatic N) is 1. The van der Waals surface area contributed by atoms with Crippen molar-refractivity contribution in [1.82, 2.24) is 15.5 Å². The number of halogens is 2. The fourth-order valence-corrected chi connectivity index (χ4v) is 4.81. The van der Waals surface area contributed by atoms with Crippen molar-refractivity contribution in [3.8, 4) is 17.2 Å². The van der Waals surface area contributed by atoms with Crippen molar-refractivity contribution >= 4 is 6.03 Å². The molecule has 0 unspecified atom stereocenters. The van der Waals surface area contributed by atoms with Crippen LogP contribution in [0, 0.1) is 5.92 Å². The first kappa shape index (κ1) is 17.8. The Morgan fingerprint density at radius 3 is 2.71 bits per heavy atom. The minimum absolute atomic E-state index is 0.0292. The number of fused-ring (bicyclic) bond motifs is 2. The van der Waals surface area contributed by atoms with Crippen LogP contribution in [-0.4, -0.2) is 49.0 Å². The molecule has 4 fully saturated rings. The van der Waals surface area contributed by atoms with E-state index in [2.05, 4.69) is 20.3 Å². The van der Waals surface area contributed by atoms with Crippen molar-refractivity contribution in [2.24, 2.45) is 5.92 Å². The quantitative estimate of drug-likeness (QED) is 0.742. The van der Waals surface area contributed by atoms with E-state index in [0.29, 0.717) is 29.6 Å². The molecule has 152 valence electrons. The molecule has 1 aromatic rings. The van der Waals surface area contributed by atoms with E-state index in [-0.39, 0.29) is 30.7 Å². The summed E-state index contributed by atoms with van der Waals surface area (Å²) < 4.78 is 40.4. The van der Waals surface area contributed by atoms with Gasteiger partial charge < -0.3 is 24.8 Å². The Balaban J connectivity index is 1.19. The molecule has 2 saturated heterocycles. The number of rotatable bonds is 7. The Hall–Kier alpha value is -2.29. The topological polar surface area (TPSA) is 72.1 Å². The van der Waals surface area contributed by atoms with Gasteiger partial charge in [0.1, 0.15) is 5.75 Å². The van der Waals surface area contributed by atoms with Crippen molar-refractivity contribution in [3.05, 3.63) is 17.7 Å². The third kappa shape index (κ3) is 3.21. The Kier molecular flexibility index (Phi) is 4.22. The molecule has 3 heterocycles. The molecule has 0 aromatic heterocycles. The highest BCUT2D eigenvalue weighted by Crippen LogP contribution is 2.54. The van der Waals surface area contributed by atoms with Gasteiger partial charge in [0.15, 0.2) is 11.5 Å². The molecule has 2 amide bonds. The number of ether oxygens (including phenoxy) is 3. The molecule has 2 aliphatic carbocycles. The molecule has 0 radical (unpaired) electrons. The van der Waals surface area contributed by atoms with Crippen LogP contribution in [0.3, 0.4) is 0 Å². The van der Waals surface area contributed by atoms with Crippen molar-refractivity contribution in [2.45, 2.75) is 50.4 Å². The van der Waals surface area contributed by atoms with E-state index in [1.54, 1.807) is 6.07 Å². The average molecular weight is 395 g/mol. The predicted molar refractivity (Wildman–Crippen MR) is 94.6 cm³/mol. The van der Waals surface area contributed by atoms with Gasteiger partial charge in [0.2, 0.25) is 6.79 Å². The molecule has 6 rings (SSSR count). The largest absolute Gasteiger partial charge is 0.454 e. The van der Waals surface area contributed by atoms with E-state index in [0.717, 1.165) is 25.3 Å². The van der Waals surface area contributed by atoms with Crippen LogP contribution in [0.2, 0.25) is 0 Å². The van der Waals surface area contributed by atoms with Gasteiger partial charge >= 0.3 is 12.6 Å². The highest BCUT2D eigenvalue weighted by Gasteiger charge is 2.59. The molecule has 2 N–H and O–H groups in total. The minimum atomic E-state index is -2.96. The third-order valence-electron chi connectivity index (χ3n) is 6.18. The van der Waals surface area contributed by atoms with Gasteiger partial charge in [-0.25, -0.2) is 4.79 Å². The van der Waals surface area contributed by atoms with Crippen LogP contribution in [-0.2, 0) is 6.54 Å². The van der Waals surface area contributed by atoms with Crippen molar-refractivity contribution in [1.29, 1.82) is 0 Å². The lowest BCUT2D eigenvalue weighted by Gasteiger charge is -2.42. The molecule has 1 aromatic carbocycles. The Morgan fingerprint density at radius 2 is 2.00 bits per heavy atom.